The van der Waals surface area contributed by atoms with Crippen LogP contribution in [0.1, 0.15) is 33.1 Å². The lowest BCUT2D eigenvalue weighted by atomic mass is 9.91. The number of aliphatic hydroxyl groups is 1. The van der Waals surface area contributed by atoms with Crippen LogP contribution in [-0.4, -0.2) is 34.9 Å². The van der Waals surface area contributed by atoms with E-state index in [-0.39, 0.29) is 49.4 Å². The number of allylic oxidation sites excluding steroid dienone is 2. The number of piperidine rings is 1. The van der Waals surface area contributed by atoms with Gasteiger partial charge in [0.25, 0.3) is 0 Å². The highest BCUT2D eigenvalue weighted by molar-refractivity contribution is 5.99. The Morgan fingerprint density at radius 2 is 2.10 bits per heavy atom. The van der Waals surface area contributed by atoms with Gasteiger partial charge < -0.3 is 9.84 Å². The average molecular weight is 293 g/mol. The van der Waals surface area contributed by atoms with Crippen LogP contribution in [0.5, 0.6) is 0 Å². The summed E-state index contributed by atoms with van der Waals surface area (Å²) in [6, 6.07) is 0. The first-order chi connectivity index (χ1) is 9.81. The Morgan fingerprint density at radius 3 is 2.62 bits per heavy atom. The smallest absolute Gasteiger partial charge is 0.226 e. The molecule has 1 fully saturated rings. The zero-order valence-corrected chi connectivity index (χ0v) is 12.1. The minimum atomic E-state index is -0.795. The van der Waals surface area contributed by atoms with Gasteiger partial charge in [0.05, 0.1) is 6.61 Å². The molecule has 2 amide bonds. The first kappa shape index (κ1) is 15.4. The van der Waals surface area contributed by atoms with Crippen molar-refractivity contribution in [3.63, 3.8) is 0 Å². The fourth-order valence-electron chi connectivity index (χ4n) is 2.60. The number of ether oxygens (including phenoxy) is 1. The maximum Gasteiger partial charge on any atom is 0.226 e. The summed E-state index contributed by atoms with van der Waals surface area (Å²) in [6.45, 7) is 3.36. The fourth-order valence-corrected chi connectivity index (χ4v) is 2.60. The van der Waals surface area contributed by atoms with Crippen LogP contribution < -0.4 is 5.32 Å². The third kappa shape index (κ3) is 3.78. The molecule has 2 aliphatic heterocycles. The second-order valence-electron chi connectivity index (χ2n) is 5.82. The molecule has 2 aliphatic rings. The minimum absolute atomic E-state index is 0.134. The summed E-state index contributed by atoms with van der Waals surface area (Å²) in [5, 5.41) is 11.5. The van der Waals surface area contributed by atoms with Gasteiger partial charge in [-0.3, -0.25) is 19.7 Å². The van der Waals surface area contributed by atoms with Gasteiger partial charge in [-0.15, -0.1) is 0 Å². The van der Waals surface area contributed by atoms with Crippen LogP contribution in [-0.2, 0) is 19.1 Å². The highest BCUT2D eigenvalue weighted by Gasteiger charge is 2.32. The van der Waals surface area contributed by atoms with Crippen LogP contribution in [0.4, 0.5) is 0 Å². The van der Waals surface area contributed by atoms with Crippen LogP contribution in [0.3, 0.4) is 0 Å². The largest absolute Gasteiger partial charge is 0.481 e. The van der Waals surface area contributed by atoms with Crippen LogP contribution in [0.15, 0.2) is 23.5 Å². The molecule has 0 spiro atoms. The molecule has 2 rings (SSSR count). The maximum absolute atomic E-state index is 12.0. The van der Waals surface area contributed by atoms with E-state index in [0.717, 1.165) is 5.57 Å². The van der Waals surface area contributed by atoms with Gasteiger partial charge in [-0.05, 0) is 31.4 Å². The second kappa shape index (κ2) is 5.81. The molecule has 2 heterocycles. The number of carbonyl (C=O) groups excluding carboxylic acids is 3. The number of ketones is 1. The number of rotatable bonds is 4. The van der Waals surface area contributed by atoms with Gasteiger partial charge in [0.2, 0.25) is 11.8 Å². The van der Waals surface area contributed by atoms with Gasteiger partial charge in [0.15, 0.2) is 5.78 Å². The van der Waals surface area contributed by atoms with Crippen LogP contribution in [0.25, 0.3) is 0 Å². The monoisotopic (exact) mass is 293 g/mol. The highest BCUT2D eigenvalue weighted by atomic mass is 16.5. The Kier molecular flexibility index (Phi) is 4.27. The third-order valence-corrected chi connectivity index (χ3v) is 3.58. The molecule has 0 radical (unpaired) electrons. The molecule has 0 aliphatic carbocycles. The van der Waals surface area contributed by atoms with Crippen molar-refractivity contribution in [2.24, 2.45) is 5.92 Å². The summed E-state index contributed by atoms with van der Waals surface area (Å²) in [6.07, 6.45) is 3.65. The number of imide groups is 1. The summed E-state index contributed by atoms with van der Waals surface area (Å²) in [5.74, 6) is -0.684. The summed E-state index contributed by atoms with van der Waals surface area (Å²) < 4.78 is 5.56. The van der Waals surface area contributed by atoms with E-state index in [1.165, 1.54) is 6.08 Å². The average Bonchev–Trinajstić information content (AvgIpc) is 2.63. The first-order valence-corrected chi connectivity index (χ1v) is 6.88. The molecule has 21 heavy (non-hydrogen) atoms. The lowest BCUT2D eigenvalue weighted by Gasteiger charge is -2.20. The number of carbonyl (C=O) groups is 3. The van der Waals surface area contributed by atoms with Gasteiger partial charge in [-0.2, -0.15) is 0 Å². The molecule has 0 unspecified atom stereocenters. The van der Waals surface area contributed by atoms with Gasteiger partial charge in [0, 0.05) is 25.3 Å². The van der Waals surface area contributed by atoms with Crippen molar-refractivity contribution in [3.8, 4) is 0 Å². The molecule has 0 aromatic heterocycles. The molecule has 0 aromatic rings. The lowest BCUT2D eigenvalue weighted by molar-refractivity contribution is -0.135. The van der Waals surface area contributed by atoms with Crippen molar-refractivity contribution in [2.75, 3.05) is 6.61 Å². The Hall–Kier alpha value is -1.95. The van der Waals surface area contributed by atoms with Gasteiger partial charge in [-0.1, -0.05) is 0 Å². The fraction of sp³-hybridized carbons (Fsp3) is 0.533. The predicted octanol–water partition coefficient (Wildman–Crippen LogP) is 0.610. The number of aliphatic hydroxyl groups excluding tert-OH is 1. The van der Waals surface area contributed by atoms with Crippen molar-refractivity contribution < 1.29 is 24.2 Å². The highest BCUT2D eigenvalue weighted by Crippen LogP contribution is 2.31. The van der Waals surface area contributed by atoms with Crippen molar-refractivity contribution >= 4 is 17.6 Å². The molecular weight excluding hydrogens is 274 g/mol. The first-order valence-electron chi connectivity index (χ1n) is 6.88. The van der Waals surface area contributed by atoms with Crippen molar-refractivity contribution in [3.05, 3.63) is 23.5 Å². The van der Waals surface area contributed by atoms with E-state index in [0.29, 0.717) is 5.76 Å². The molecule has 0 aromatic carbocycles. The Labute approximate surface area is 122 Å². The molecule has 2 N–H and O–H groups in total. The zero-order chi connectivity index (χ0) is 15.6. The quantitative estimate of drug-likeness (QED) is 0.585. The predicted molar refractivity (Wildman–Crippen MR) is 73.9 cm³/mol. The van der Waals surface area contributed by atoms with E-state index in [4.69, 9.17) is 4.74 Å². The Morgan fingerprint density at radius 1 is 1.48 bits per heavy atom. The van der Waals surface area contributed by atoms with E-state index in [1.807, 2.05) is 0 Å². The SMILES string of the molecule is CC1=C[C@@](C)(CO)OC1=CC(=O)CC1CC(=O)NC(=O)C1. The maximum atomic E-state index is 12.0. The zero-order valence-electron chi connectivity index (χ0n) is 12.1. The standard InChI is InChI=1S/C15H19NO5/c1-9-7-15(2,8-17)21-12(9)6-11(18)3-10-4-13(19)16-14(20)5-10/h6-7,10,17H,3-5,8H2,1-2H3,(H,16,19,20)/t15-/m0/s1. The third-order valence-electron chi connectivity index (χ3n) is 3.58. The molecule has 1 saturated heterocycles. The van der Waals surface area contributed by atoms with E-state index in [2.05, 4.69) is 5.32 Å². The van der Waals surface area contributed by atoms with Gasteiger partial charge in [0.1, 0.15) is 11.4 Å². The molecule has 6 heteroatoms. The summed E-state index contributed by atoms with van der Waals surface area (Å²) in [5.41, 5.74) is -0.00553. The molecule has 0 bridgehead atoms. The van der Waals surface area contributed by atoms with Crippen molar-refractivity contribution in [2.45, 2.75) is 38.7 Å². The normalized spacial score (nSPS) is 28.3. The molecular formula is C15H19NO5. The second-order valence-corrected chi connectivity index (χ2v) is 5.82. The van der Waals surface area contributed by atoms with E-state index in [9.17, 15) is 19.5 Å². The number of amides is 2. The summed E-state index contributed by atoms with van der Waals surface area (Å²) >= 11 is 0. The van der Waals surface area contributed by atoms with E-state index < -0.39 is 5.60 Å². The molecule has 6 nitrogen and oxygen atoms in total. The van der Waals surface area contributed by atoms with Crippen molar-refractivity contribution in [1.29, 1.82) is 0 Å². The van der Waals surface area contributed by atoms with Crippen LogP contribution in [0, 0.1) is 5.92 Å². The Balaban J connectivity index is 1.99. The lowest BCUT2D eigenvalue weighted by Crippen LogP contribution is -2.39. The molecule has 0 saturated carbocycles. The van der Waals surface area contributed by atoms with E-state index >= 15 is 0 Å². The topological polar surface area (TPSA) is 92.7 Å². The van der Waals surface area contributed by atoms with Crippen LogP contribution in [0.2, 0.25) is 0 Å². The number of hydrogen-bond donors (Lipinski definition) is 2. The van der Waals surface area contributed by atoms with Gasteiger partial charge >= 0.3 is 0 Å². The van der Waals surface area contributed by atoms with Crippen molar-refractivity contribution in [1.82, 2.24) is 5.32 Å². The number of nitrogens with one attached hydrogen (secondary N) is 1. The Bertz CT molecular complexity index is 532. The number of hydrogen-bond acceptors (Lipinski definition) is 5. The van der Waals surface area contributed by atoms with E-state index in [1.54, 1.807) is 19.9 Å². The summed E-state index contributed by atoms with van der Waals surface area (Å²) in [4.78, 5) is 34.6. The molecule has 1 atom stereocenters. The summed E-state index contributed by atoms with van der Waals surface area (Å²) in [7, 11) is 0. The van der Waals surface area contributed by atoms with Crippen LogP contribution >= 0.6 is 0 Å². The minimum Gasteiger partial charge on any atom is -0.481 e. The van der Waals surface area contributed by atoms with Gasteiger partial charge in [-0.25, -0.2) is 0 Å². The molecule has 114 valence electrons.